The first kappa shape index (κ1) is 17.0. The summed E-state index contributed by atoms with van der Waals surface area (Å²) in [7, 11) is 1.64. The zero-order valence-electron chi connectivity index (χ0n) is 14.2. The van der Waals surface area contributed by atoms with E-state index >= 15 is 0 Å². The van der Waals surface area contributed by atoms with Crippen molar-refractivity contribution in [3.63, 3.8) is 0 Å². The molecule has 0 atom stereocenters. The van der Waals surface area contributed by atoms with Crippen LogP contribution >= 0.6 is 12.2 Å². The fraction of sp³-hybridized carbons (Fsp3) is 0.222. The van der Waals surface area contributed by atoms with E-state index in [4.69, 9.17) is 21.7 Å². The normalized spacial score (nSPS) is 10.5. The summed E-state index contributed by atoms with van der Waals surface area (Å²) in [4.78, 5) is 0. The summed E-state index contributed by atoms with van der Waals surface area (Å²) in [5.41, 5.74) is 5.27. The van der Waals surface area contributed by atoms with Crippen LogP contribution in [0, 0.1) is 4.77 Å². The van der Waals surface area contributed by atoms with E-state index < -0.39 is 0 Å². The summed E-state index contributed by atoms with van der Waals surface area (Å²) in [5.74, 6) is 2.27. The molecule has 0 bridgehead atoms. The number of aromatic nitrogens is 3. The minimum Gasteiger partial charge on any atom is -0.496 e. The molecular formula is C18H20N4O2S. The highest BCUT2D eigenvalue weighted by Gasteiger charge is 2.13. The molecule has 7 heteroatoms. The zero-order valence-corrected chi connectivity index (χ0v) is 15.0. The van der Waals surface area contributed by atoms with Crippen molar-refractivity contribution >= 4 is 12.2 Å². The van der Waals surface area contributed by atoms with Gasteiger partial charge in [0.15, 0.2) is 5.82 Å². The van der Waals surface area contributed by atoms with Crippen molar-refractivity contribution in [3.05, 3.63) is 58.9 Å². The minimum atomic E-state index is 0.492. The van der Waals surface area contributed by atoms with Crippen LogP contribution in [0.1, 0.15) is 12.5 Å². The van der Waals surface area contributed by atoms with Crippen LogP contribution in [0.25, 0.3) is 11.4 Å². The second-order valence-corrected chi connectivity index (χ2v) is 5.69. The van der Waals surface area contributed by atoms with Gasteiger partial charge in [-0.05, 0) is 49.0 Å². The molecule has 130 valence electrons. The van der Waals surface area contributed by atoms with E-state index in [0.29, 0.717) is 23.7 Å². The summed E-state index contributed by atoms with van der Waals surface area (Å²) < 4.78 is 13.1. The van der Waals surface area contributed by atoms with Crippen molar-refractivity contribution < 1.29 is 9.47 Å². The molecule has 25 heavy (non-hydrogen) atoms. The van der Waals surface area contributed by atoms with Crippen molar-refractivity contribution in [2.24, 2.45) is 0 Å². The van der Waals surface area contributed by atoms with Gasteiger partial charge < -0.3 is 14.9 Å². The van der Waals surface area contributed by atoms with Gasteiger partial charge in [-0.25, -0.2) is 9.77 Å². The Hall–Kier alpha value is -2.80. The van der Waals surface area contributed by atoms with Crippen molar-refractivity contribution in [1.29, 1.82) is 0 Å². The Labute approximate surface area is 151 Å². The van der Waals surface area contributed by atoms with E-state index in [1.165, 1.54) is 0 Å². The van der Waals surface area contributed by atoms with Crippen LogP contribution in [-0.4, -0.2) is 28.6 Å². The molecule has 2 aromatic carbocycles. The number of benzene rings is 2. The molecule has 0 saturated carbocycles. The lowest BCUT2D eigenvalue weighted by Crippen LogP contribution is -2.16. The van der Waals surface area contributed by atoms with E-state index in [9.17, 15) is 0 Å². The van der Waals surface area contributed by atoms with Crippen LogP contribution in [0.4, 0.5) is 0 Å². The largest absolute Gasteiger partial charge is 0.496 e. The fourth-order valence-corrected chi connectivity index (χ4v) is 2.69. The predicted molar refractivity (Wildman–Crippen MR) is 100 cm³/mol. The Balaban J connectivity index is 1.81. The van der Waals surface area contributed by atoms with Gasteiger partial charge in [-0.1, -0.05) is 24.3 Å². The van der Waals surface area contributed by atoms with E-state index in [0.717, 1.165) is 22.6 Å². The van der Waals surface area contributed by atoms with Crippen molar-refractivity contribution in [1.82, 2.24) is 14.9 Å². The number of hydrogen-bond donors (Lipinski definition) is 2. The molecule has 3 rings (SSSR count). The summed E-state index contributed by atoms with van der Waals surface area (Å²) in [5, 5.41) is 7.16. The second-order valence-electron chi connectivity index (χ2n) is 5.30. The maximum atomic E-state index is 5.46. The lowest BCUT2D eigenvalue weighted by molar-refractivity contribution is 0.340. The lowest BCUT2D eigenvalue weighted by Gasteiger charge is -2.12. The lowest BCUT2D eigenvalue weighted by atomic mass is 10.2. The maximum Gasteiger partial charge on any atom is 0.214 e. The SMILES string of the molecule is CCOc1ccc(CNn2c(-c3ccccc3OC)n[nH]c2=S)cc1. The summed E-state index contributed by atoms with van der Waals surface area (Å²) >= 11 is 5.34. The number of rotatable bonds is 7. The van der Waals surface area contributed by atoms with Crippen LogP contribution in [0.5, 0.6) is 11.5 Å². The quantitative estimate of drug-likeness (QED) is 0.631. The van der Waals surface area contributed by atoms with Gasteiger partial charge in [0.1, 0.15) is 11.5 Å². The molecule has 0 fully saturated rings. The Morgan fingerprint density at radius 2 is 1.92 bits per heavy atom. The molecule has 1 heterocycles. The molecule has 0 radical (unpaired) electrons. The van der Waals surface area contributed by atoms with E-state index in [2.05, 4.69) is 15.6 Å². The molecule has 0 amide bonds. The Kier molecular flexibility index (Phi) is 5.35. The van der Waals surface area contributed by atoms with E-state index in [-0.39, 0.29) is 0 Å². The highest BCUT2D eigenvalue weighted by Crippen LogP contribution is 2.27. The van der Waals surface area contributed by atoms with Gasteiger partial charge in [0.25, 0.3) is 0 Å². The molecule has 1 aromatic heterocycles. The molecule has 0 spiro atoms. The van der Waals surface area contributed by atoms with Crippen molar-refractivity contribution in [2.45, 2.75) is 13.5 Å². The third kappa shape index (κ3) is 3.83. The Morgan fingerprint density at radius 3 is 2.64 bits per heavy atom. The number of nitrogens with zero attached hydrogens (tertiary/aromatic N) is 2. The average molecular weight is 356 g/mol. The van der Waals surface area contributed by atoms with Crippen molar-refractivity contribution in [2.75, 3.05) is 19.1 Å². The Bertz CT molecular complexity index is 887. The number of para-hydroxylation sites is 1. The first-order valence-electron chi connectivity index (χ1n) is 7.99. The molecule has 0 unspecified atom stereocenters. The van der Waals surface area contributed by atoms with Crippen LogP contribution in [0.3, 0.4) is 0 Å². The third-order valence-corrected chi connectivity index (χ3v) is 3.97. The first-order valence-corrected chi connectivity index (χ1v) is 8.40. The smallest absolute Gasteiger partial charge is 0.214 e. The number of H-pyrrole nitrogens is 1. The van der Waals surface area contributed by atoms with Gasteiger partial charge >= 0.3 is 0 Å². The summed E-state index contributed by atoms with van der Waals surface area (Å²) in [6.07, 6.45) is 0. The maximum absolute atomic E-state index is 5.46. The standard InChI is InChI=1S/C18H20N4O2S/c1-3-24-14-10-8-13(9-11-14)12-19-22-17(20-21-18(22)25)15-6-4-5-7-16(15)23-2/h4-11,19H,3,12H2,1-2H3,(H,21,25). The molecule has 0 aliphatic carbocycles. The van der Waals surface area contributed by atoms with Crippen molar-refractivity contribution in [3.8, 4) is 22.9 Å². The highest BCUT2D eigenvalue weighted by molar-refractivity contribution is 7.71. The fourth-order valence-electron chi connectivity index (χ4n) is 2.49. The topological polar surface area (TPSA) is 64.1 Å². The first-order chi connectivity index (χ1) is 12.2. The summed E-state index contributed by atoms with van der Waals surface area (Å²) in [6, 6.07) is 15.6. The molecule has 0 aliphatic rings. The molecule has 3 aromatic rings. The third-order valence-electron chi connectivity index (χ3n) is 3.70. The second kappa shape index (κ2) is 7.85. The molecule has 6 nitrogen and oxygen atoms in total. The molecule has 2 N–H and O–H groups in total. The average Bonchev–Trinajstić information content (AvgIpc) is 3.02. The van der Waals surface area contributed by atoms with Crippen LogP contribution in [0.15, 0.2) is 48.5 Å². The highest BCUT2D eigenvalue weighted by atomic mass is 32.1. The minimum absolute atomic E-state index is 0.492. The zero-order chi connectivity index (χ0) is 17.6. The molecule has 0 aliphatic heterocycles. The van der Waals surface area contributed by atoms with E-state index in [1.54, 1.807) is 11.8 Å². The summed E-state index contributed by atoms with van der Waals surface area (Å²) in [6.45, 7) is 3.22. The van der Waals surface area contributed by atoms with Gasteiger partial charge in [0.2, 0.25) is 4.77 Å². The van der Waals surface area contributed by atoms with Crippen LogP contribution in [0.2, 0.25) is 0 Å². The van der Waals surface area contributed by atoms with Crippen LogP contribution < -0.4 is 14.9 Å². The van der Waals surface area contributed by atoms with Gasteiger partial charge in [0, 0.05) is 0 Å². The Morgan fingerprint density at radius 1 is 1.16 bits per heavy atom. The number of methoxy groups -OCH3 is 1. The van der Waals surface area contributed by atoms with E-state index in [1.807, 2.05) is 55.5 Å². The molecular weight excluding hydrogens is 336 g/mol. The number of nitrogens with one attached hydrogen (secondary N) is 2. The van der Waals surface area contributed by atoms with Crippen LogP contribution in [-0.2, 0) is 6.54 Å². The number of hydrogen-bond acceptors (Lipinski definition) is 5. The number of ether oxygens (including phenoxy) is 2. The number of aromatic amines is 1. The molecule has 0 saturated heterocycles. The van der Waals surface area contributed by atoms with Gasteiger partial charge in [-0.15, -0.1) is 0 Å². The van der Waals surface area contributed by atoms with Gasteiger partial charge in [-0.2, -0.15) is 5.10 Å². The van der Waals surface area contributed by atoms with Gasteiger partial charge in [0.05, 0.1) is 25.8 Å². The monoisotopic (exact) mass is 356 g/mol. The van der Waals surface area contributed by atoms with Gasteiger partial charge in [-0.3, -0.25) is 0 Å². The predicted octanol–water partition coefficient (Wildman–Crippen LogP) is 3.76.